The average Bonchev–Trinajstić information content (AvgIpc) is 1.62. The number of aliphatic carboxylic acids is 1. The number of carbonyl (C=O) groups excluding carboxylic acids is 3. The number of rotatable bonds is 23. The Morgan fingerprint density at radius 2 is 0.875 bits per heavy atom. The van der Waals surface area contributed by atoms with Crippen molar-refractivity contribution in [2.75, 3.05) is 98.5 Å². The standard InChI is InChI=1S/C27H31N7O2.C20H23N5O2.C15H26BN3O3.C11H9BrN2O.C7H12N2O2.C7H10N2O.C5H10O.C4H8.C2H2O3.8CH4/c1-20(2)25-6-7-26(35)34(31-25)18-21-4-3-5-22(14-21)27-28-15-23(16-29-27)24-17-30-33(19-24)9-8-32-10-12-36-13-11-32;26-15-16-2-1-3-17(10-16)20-21-11-18(12-22-20)19-13-23-25(14-19)5-4-24-6-8-27-9-7-24;1-14(2)15(3,4)22-16(21-14)13-11-17-19(12-13)6-5-18-7-9-20-10-8-18;12-10-5-13-11(14-6-10)9-3-1-2-8(4-9)7-15;1-4-7(2,3)5(10)6(11)9-8-4;1-5(2)6-3-4-7(10)9-8-6;1-4(2)5(3)6;1-4(2)3;3-1-2(4)5;;;;;;;;/h3-7,14-17,19-20H,8-13,18H2,1-2H3;1-3,10-14,26H,4-9,15H2;11-12H,5-10H2,1-4H3;1-6,15H,7H2;5,10H,1-3H3,(H,9,11);3-5H,1-2H3,(H,9,10);4H,1-3H3;1H2,2-3H3;1H,(H,4,5);8*1H4. The van der Waals surface area contributed by atoms with Crippen LogP contribution in [0.25, 0.3) is 56.4 Å². The van der Waals surface area contributed by atoms with E-state index in [1.165, 1.54) is 16.3 Å². The molecule has 0 aliphatic carbocycles. The molecular weight excluding hydrogens is 1900 g/mol. The van der Waals surface area contributed by atoms with Crippen LogP contribution in [-0.4, -0.2) is 267 Å². The number of benzene rings is 3. The molecule has 11 aromatic rings. The van der Waals surface area contributed by atoms with Crippen LogP contribution in [-0.2, 0) is 82.1 Å². The summed E-state index contributed by atoms with van der Waals surface area (Å²) in [5, 5.41) is 62.9. The van der Waals surface area contributed by atoms with Gasteiger partial charge in [0.15, 0.2) is 17.5 Å². The summed E-state index contributed by atoms with van der Waals surface area (Å²) in [5.74, 6) is 1.19. The van der Waals surface area contributed by atoms with Gasteiger partial charge in [0.1, 0.15) is 11.9 Å². The zero-order valence-electron chi connectivity index (χ0n) is 80.8. The number of amides is 1. The number of aliphatic hydroxyl groups excluding tert-OH is 3. The maximum atomic E-state index is 12.3. The summed E-state index contributed by atoms with van der Waals surface area (Å²) in [6, 6.07) is 29.7. The number of aliphatic hydroxyl groups is 3. The number of allylic oxidation sites excluding steroid dienone is 1. The maximum absolute atomic E-state index is 12.3. The Morgan fingerprint density at radius 1 is 0.514 bits per heavy atom. The third-order valence-electron chi connectivity index (χ3n) is 22.4. The fourth-order valence-electron chi connectivity index (χ4n) is 12.8. The first kappa shape index (κ1) is 132. The lowest BCUT2D eigenvalue weighted by Crippen LogP contribution is -2.50. The Morgan fingerprint density at radius 3 is 1.23 bits per heavy atom. The smallest absolute Gasteiger partial charge is 0.476 e. The van der Waals surface area contributed by atoms with Crippen LogP contribution in [0.3, 0.4) is 0 Å². The van der Waals surface area contributed by atoms with Gasteiger partial charge in [0.25, 0.3) is 17.0 Å². The molecule has 3 aromatic carbocycles. The van der Waals surface area contributed by atoms with Gasteiger partial charge in [0.05, 0.1) is 118 Å². The molecule has 0 radical (unpaired) electrons. The highest BCUT2D eigenvalue weighted by atomic mass is 79.9. The summed E-state index contributed by atoms with van der Waals surface area (Å²) in [7, 11) is -0.331. The molecule has 0 spiro atoms. The van der Waals surface area contributed by atoms with Crippen molar-refractivity contribution in [1.29, 1.82) is 0 Å². The summed E-state index contributed by atoms with van der Waals surface area (Å²) in [6.45, 7) is 51.4. The lowest BCUT2D eigenvalue weighted by Gasteiger charge is -2.32. The number of carbonyl (C=O) groups is 4. The summed E-state index contributed by atoms with van der Waals surface area (Å²) >= 11 is 3.28. The van der Waals surface area contributed by atoms with Gasteiger partial charge < -0.3 is 43.9 Å². The van der Waals surface area contributed by atoms with Crippen LogP contribution in [0.4, 0.5) is 0 Å². The van der Waals surface area contributed by atoms with Crippen molar-refractivity contribution in [1.82, 2.24) is 99.3 Å². The van der Waals surface area contributed by atoms with Crippen molar-refractivity contribution in [3.8, 4) is 56.4 Å². The summed E-state index contributed by atoms with van der Waals surface area (Å²) < 4.78 is 36.5. The van der Waals surface area contributed by atoms with E-state index < -0.39 is 23.4 Å². The van der Waals surface area contributed by atoms with Crippen molar-refractivity contribution in [3.05, 3.63) is 237 Å². The quantitative estimate of drug-likeness (QED) is 0.0150. The van der Waals surface area contributed by atoms with Crippen LogP contribution in [0.5, 0.6) is 0 Å². The van der Waals surface area contributed by atoms with Crippen molar-refractivity contribution in [3.63, 3.8) is 0 Å². The second-order valence-electron chi connectivity index (χ2n) is 35.3. The largest absolute Gasteiger partial charge is 0.498 e. The summed E-state index contributed by atoms with van der Waals surface area (Å²) in [6.07, 6.45) is 21.2. The normalized spacial score (nSPS) is 15.0. The van der Waals surface area contributed by atoms with Gasteiger partial charge in [0, 0.05) is 194 Å². The summed E-state index contributed by atoms with van der Waals surface area (Å²) in [4.78, 5) is 95.5. The van der Waals surface area contributed by atoms with Crippen LogP contribution < -0.4 is 22.0 Å². The van der Waals surface area contributed by atoms with E-state index in [9.17, 15) is 29.4 Å². The van der Waals surface area contributed by atoms with E-state index in [0.29, 0.717) is 29.9 Å². The van der Waals surface area contributed by atoms with Gasteiger partial charge >= 0.3 is 13.1 Å². The van der Waals surface area contributed by atoms with Gasteiger partial charge in [-0.25, -0.2) is 49.9 Å². The van der Waals surface area contributed by atoms with Gasteiger partial charge in [-0.15, -0.1) is 6.58 Å². The molecule has 36 nitrogen and oxygen atoms in total. The first-order valence-electron chi connectivity index (χ1n) is 45.3. The van der Waals surface area contributed by atoms with E-state index in [0.717, 1.165) is 201 Å². The molecule has 5 aliphatic rings. The minimum Gasteiger partial charge on any atom is -0.476 e. The number of nitrogens with zero attached hydrogens (tertiary/aromatic N) is 19. The molecule has 6 N–H and O–H groups in total. The van der Waals surface area contributed by atoms with Crippen LogP contribution in [0.15, 0.2) is 203 Å². The Hall–Kier alpha value is -11.9. The van der Waals surface area contributed by atoms with E-state index >= 15 is 0 Å². The number of aromatic nitrogens is 16. The number of hydrazone groups is 1. The predicted octanol–water partition coefficient (Wildman–Crippen LogP) is 15.8. The zero-order chi connectivity index (χ0) is 99.1. The number of ketones is 1. The predicted molar refractivity (Wildman–Crippen MR) is 579 cm³/mol. The van der Waals surface area contributed by atoms with Gasteiger partial charge in [0.2, 0.25) is 6.29 Å². The third kappa shape index (κ3) is 43.6. The SMILES string of the molecule is C.C.C.C.C.C.C.C.C=C(C)C.CC(=O)C(C)C.CC(C)c1ccc(=O)[nH]n1.CC(C)c1ccc(=O)n(Cc2cccc(-c3ncc(-c4cnn(CCN5CCOCC5)c4)cn3)c2)n1.CC1(C)OB(c2cnn(CCN3CCOCC3)c2)OC1(C)C.CC1=NNC(=O)C(O)C1(C)C.O=CC(=O)O.OCc1cccc(-c2ncc(-c3cnn(CCN4CCOCC4)c3)cn2)c1.OCc1cccc(-c2ncc(Br)cn2)c1. The monoisotopic (exact) mass is 2060 g/mol. The van der Waals surface area contributed by atoms with Crippen molar-refractivity contribution < 1.29 is 63.1 Å². The van der Waals surface area contributed by atoms with Crippen LogP contribution in [0.1, 0.15) is 210 Å². The first-order valence-corrected chi connectivity index (χ1v) is 46.1. The minimum absolute atomic E-state index is 0. The van der Waals surface area contributed by atoms with E-state index in [-0.39, 0.29) is 126 Å². The number of Topliss-reactive ketones (excluding diaryl/α,β-unsaturated/α-hetero) is 1. The topological polar surface area (TPSA) is 441 Å². The number of ether oxygens (including phenoxy) is 3. The van der Waals surface area contributed by atoms with Crippen LogP contribution in [0, 0.1) is 11.3 Å². The molecular formula is C106H163BBrN21O15. The van der Waals surface area contributed by atoms with E-state index in [2.05, 4.69) is 150 Å². The lowest BCUT2D eigenvalue weighted by atomic mass is 9.81. The molecule has 38 heteroatoms. The molecule has 8 aromatic heterocycles. The van der Waals surface area contributed by atoms with Crippen LogP contribution in [0.2, 0.25) is 0 Å². The summed E-state index contributed by atoms with van der Waals surface area (Å²) in [5.41, 5.74) is 14.8. The third-order valence-corrected chi connectivity index (χ3v) is 22.8. The number of morpholine rings is 3. The molecule has 0 bridgehead atoms. The van der Waals surface area contributed by atoms with Gasteiger partial charge in [-0.1, -0.05) is 175 Å². The van der Waals surface area contributed by atoms with Crippen LogP contribution >= 0.6 is 15.9 Å². The number of H-pyrrole nitrogens is 1. The van der Waals surface area contributed by atoms with E-state index in [1.807, 2.05) is 190 Å². The Bertz CT molecular complexity index is 5670. The highest BCUT2D eigenvalue weighted by Crippen LogP contribution is 2.37. The second kappa shape index (κ2) is 66.2. The maximum Gasteiger partial charge on any atom is 0.498 e. The number of aldehydes is 1. The van der Waals surface area contributed by atoms with Crippen molar-refractivity contribution >= 4 is 58.2 Å². The fraction of sp³-hybridized carbons (Fsp3) is 0.491. The molecule has 1 atom stereocenters. The second-order valence-corrected chi connectivity index (χ2v) is 36.3. The number of carboxylic acid groups (broad SMARTS) is 1. The molecule has 5 aliphatic heterocycles. The molecule has 4 saturated heterocycles. The molecule has 792 valence electrons. The average molecular weight is 2060 g/mol. The fourth-order valence-corrected chi connectivity index (χ4v) is 13.0. The molecule has 4 fully saturated rings. The minimum atomic E-state index is -1.43. The van der Waals surface area contributed by atoms with E-state index in [1.54, 1.807) is 58.3 Å². The molecule has 13 heterocycles. The Kier molecular flexibility index (Phi) is 60.7. The highest BCUT2D eigenvalue weighted by molar-refractivity contribution is 9.10. The molecule has 16 rings (SSSR count). The Balaban J connectivity index is 0.00000170. The van der Waals surface area contributed by atoms with Crippen molar-refractivity contribution in [2.45, 2.75) is 239 Å². The molecule has 144 heavy (non-hydrogen) atoms. The number of nitrogens with one attached hydrogen (secondary N) is 2. The lowest BCUT2D eigenvalue weighted by molar-refractivity contribution is -0.143. The highest BCUT2D eigenvalue weighted by Gasteiger charge is 2.52. The number of hydrogen-bond donors (Lipinski definition) is 6. The van der Waals surface area contributed by atoms with E-state index in [4.69, 9.17) is 43.3 Å². The number of hydrogen-bond acceptors (Lipinski definition) is 29. The van der Waals surface area contributed by atoms with Gasteiger partial charge in [-0.3, -0.25) is 52.7 Å². The number of halogens is 1. The molecule has 0 saturated carbocycles. The first-order chi connectivity index (χ1) is 64.8. The van der Waals surface area contributed by atoms with Crippen molar-refractivity contribution in [2.24, 2.45) is 16.4 Å². The number of carboxylic acids is 1. The number of aromatic amines is 1. The van der Waals surface area contributed by atoms with Gasteiger partial charge in [-0.05, 0) is 130 Å². The molecule has 1 amide bonds. The molecule has 1 unspecified atom stereocenters. The zero-order valence-corrected chi connectivity index (χ0v) is 82.4. The van der Waals surface area contributed by atoms with Gasteiger partial charge in [-0.2, -0.15) is 30.6 Å². The Labute approximate surface area is 862 Å².